The maximum atomic E-state index is 12.9. The van der Waals surface area contributed by atoms with Crippen LogP contribution in [0.15, 0.2) is 60.0 Å². The van der Waals surface area contributed by atoms with Crippen molar-refractivity contribution in [3.05, 3.63) is 76.2 Å². The molecule has 2 aromatic carbocycles. The van der Waals surface area contributed by atoms with Crippen molar-refractivity contribution in [2.24, 2.45) is 0 Å². The molecule has 0 saturated carbocycles. The Bertz CT molecular complexity index is 950. The molecule has 152 valence electrons. The van der Waals surface area contributed by atoms with E-state index in [9.17, 15) is 21.6 Å². The molecule has 3 nitrogen and oxygen atoms in total. The largest absolute Gasteiger partial charge is 0.523 e. The Balaban J connectivity index is 2.12. The van der Waals surface area contributed by atoms with Crippen molar-refractivity contribution in [2.45, 2.75) is 18.3 Å². The smallest absolute Gasteiger partial charge is 0.209 e. The highest BCUT2D eigenvalue weighted by molar-refractivity contribution is 8.35. The molecular formula is C19H18ClF3O3S2. The van der Waals surface area contributed by atoms with Gasteiger partial charge in [0, 0.05) is 16.5 Å². The third kappa shape index (κ3) is 4.74. The van der Waals surface area contributed by atoms with Crippen LogP contribution in [0.3, 0.4) is 0 Å². The van der Waals surface area contributed by atoms with Gasteiger partial charge in [0.2, 0.25) is 0 Å². The Labute approximate surface area is 168 Å². The normalized spacial score (nSPS) is 18.8. The van der Waals surface area contributed by atoms with Crippen LogP contribution in [0.1, 0.15) is 24.0 Å². The lowest BCUT2D eigenvalue weighted by atomic mass is 10.00. The van der Waals surface area contributed by atoms with Crippen LogP contribution >= 0.6 is 21.9 Å². The van der Waals surface area contributed by atoms with Crippen molar-refractivity contribution in [3.8, 4) is 0 Å². The van der Waals surface area contributed by atoms with Crippen molar-refractivity contribution in [3.63, 3.8) is 0 Å². The lowest BCUT2D eigenvalue weighted by Crippen LogP contribution is -2.27. The van der Waals surface area contributed by atoms with E-state index in [-0.39, 0.29) is 11.5 Å². The number of benzene rings is 2. The Morgan fingerprint density at radius 3 is 2.04 bits per heavy atom. The summed E-state index contributed by atoms with van der Waals surface area (Å²) in [7, 11) is -8.30. The Morgan fingerprint density at radius 2 is 1.50 bits per heavy atom. The molecule has 0 radical (unpaired) electrons. The van der Waals surface area contributed by atoms with Crippen LogP contribution < -0.4 is 0 Å². The Kier molecular flexibility index (Phi) is 6.14. The van der Waals surface area contributed by atoms with Gasteiger partial charge in [-0.1, -0.05) is 64.4 Å². The fraction of sp³-hybridized carbons (Fsp3) is 0.263. The molecule has 0 amide bonds. The van der Waals surface area contributed by atoms with Crippen LogP contribution in [0.5, 0.6) is 0 Å². The second-order valence-electron chi connectivity index (χ2n) is 6.36. The van der Waals surface area contributed by atoms with Crippen LogP contribution in [0.25, 0.3) is 5.57 Å². The van der Waals surface area contributed by atoms with Crippen molar-refractivity contribution in [1.29, 1.82) is 0 Å². The highest BCUT2D eigenvalue weighted by atomic mass is 35.5. The van der Waals surface area contributed by atoms with Crippen molar-refractivity contribution in [2.75, 3.05) is 11.5 Å². The minimum atomic E-state index is -5.68. The predicted octanol–water partition coefficient (Wildman–Crippen LogP) is 6.11. The predicted molar refractivity (Wildman–Crippen MR) is 108 cm³/mol. The fourth-order valence-electron chi connectivity index (χ4n) is 2.98. The highest BCUT2D eigenvalue weighted by Gasteiger charge is 2.51. The van der Waals surface area contributed by atoms with Gasteiger partial charge < -0.3 is 0 Å². The molecule has 0 bridgehead atoms. The Morgan fingerprint density at radius 1 is 0.964 bits per heavy atom. The first-order valence-electron chi connectivity index (χ1n) is 8.46. The quantitative estimate of drug-likeness (QED) is 0.516. The average Bonchev–Trinajstić information content (AvgIpc) is 3.08. The third-order valence-corrected chi connectivity index (χ3v) is 9.56. The highest BCUT2D eigenvalue weighted by Crippen LogP contribution is 2.60. The molecule has 0 unspecified atom stereocenters. The van der Waals surface area contributed by atoms with Gasteiger partial charge in [-0.3, -0.25) is 0 Å². The zero-order valence-electron chi connectivity index (χ0n) is 14.7. The molecule has 0 atom stereocenters. The van der Waals surface area contributed by atoms with Gasteiger partial charge in [0.15, 0.2) is 0 Å². The molecule has 0 aliphatic carbocycles. The van der Waals surface area contributed by atoms with Crippen molar-refractivity contribution < 1.29 is 25.2 Å². The molecule has 28 heavy (non-hydrogen) atoms. The van der Waals surface area contributed by atoms with E-state index in [1.807, 2.05) is 30.3 Å². The van der Waals surface area contributed by atoms with Gasteiger partial charge >= 0.3 is 15.6 Å². The fourth-order valence-corrected chi connectivity index (χ4v) is 8.07. The maximum absolute atomic E-state index is 12.9. The third-order valence-electron chi connectivity index (χ3n) is 4.31. The molecule has 2 aromatic rings. The first-order chi connectivity index (χ1) is 13.1. The van der Waals surface area contributed by atoms with Crippen molar-refractivity contribution in [1.82, 2.24) is 0 Å². The molecule has 1 heterocycles. The van der Waals surface area contributed by atoms with E-state index in [1.165, 1.54) is 0 Å². The summed E-state index contributed by atoms with van der Waals surface area (Å²) in [5, 5.41) is 2.12. The standard InChI is InChI=1S/C19H18ClF3O3S2/c20-17-10-8-16(9-11-17)18(15-6-2-1-3-7-15)14-27(12-4-5-13-27)26-28(24,25)19(21,22)23/h1-3,6-11,14H,4-5,12-13H2. The summed E-state index contributed by atoms with van der Waals surface area (Å²) in [6.45, 7) is 0. The van der Waals surface area contributed by atoms with E-state index in [1.54, 1.807) is 29.7 Å². The molecule has 3 rings (SSSR count). The van der Waals surface area contributed by atoms with Gasteiger partial charge in [-0.25, -0.2) is 3.63 Å². The topological polar surface area (TPSA) is 43.4 Å². The minimum absolute atomic E-state index is 0.270. The maximum Gasteiger partial charge on any atom is 0.523 e. The van der Waals surface area contributed by atoms with E-state index < -0.39 is 25.9 Å². The number of halogens is 4. The molecule has 1 aliphatic heterocycles. The first kappa shape index (κ1) is 21.2. The molecular weight excluding hydrogens is 433 g/mol. The van der Waals surface area contributed by atoms with E-state index in [2.05, 4.69) is 0 Å². The van der Waals surface area contributed by atoms with Crippen molar-refractivity contribution >= 4 is 37.6 Å². The summed E-state index contributed by atoms with van der Waals surface area (Å²) in [5.74, 6) is 0.540. The zero-order valence-corrected chi connectivity index (χ0v) is 17.0. The van der Waals surface area contributed by atoms with Crippen LogP contribution in [0.2, 0.25) is 5.02 Å². The SMILES string of the molecule is O=S(=O)(OS1(C=C(c2ccccc2)c2ccc(Cl)cc2)CCCC1)C(F)(F)F. The summed E-state index contributed by atoms with van der Waals surface area (Å²) >= 11 is 5.95. The summed E-state index contributed by atoms with van der Waals surface area (Å²) in [6, 6.07) is 15.9. The Hall–Kier alpha value is -1.48. The second-order valence-corrected chi connectivity index (χ2v) is 11.5. The summed E-state index contributed by atoms with van der Waals surface area (Å²) < 4.78 is 67.2. The van der Waals surface area contributed by atoms with E-state index in [0.717, 1.165) is 11.1 Å². The average molecular weight is 451 g/mol. The van der Waals surface area contributed by atoms with Gasteiger partial charge in [0.1, 0.15) is 0 Å². The van der Waals surface area contributed by atoms with Gasteiger partial charge in [0.25, 0.3) is 0 Å². The first-order valence-corrected chi connectivity index (χ1v) is 12.2. The van der Waals surface area contributed by atoms with Crippen LogP contribution in [0, 0.1) is 0 Å². The summed E-state index contributed by atoms with van der Waals surface area (Å²) in [4.78, 5) is 0. The lowest BCUT2D eigenvalue weighted by Gasteiger charge is -2.32. The van der Waals surface area contributed by atoms with Gasteiger partial charge in [-0.05, 0) is 47.1 Å². The summed E-state index contributed by atoms with van der Waals surface area (Å²) in [6.07, 6.45) is 1.23. The summed E-state index contributed by atoms with van der Waals surface area (Å²) in [5.41, 5.74) is -3.33. The number of hydrogen-bond donors (Lipinski definition) is 0. The van der Waals surface area contributed by atoms with E-state index in [4.69, 9.17) is 15.2 Å². The van der Waals surface area contributed by atoms with Crippen LogP contribution in [0.4, 0.5) is 13.2 Å². The van der Waals surface area contributed by atoms with Gasteiger partial charge in [-0.15, -0.1) is 0 Å². The molecule has 0 spiro atoms. The number of alkyl halides is 3. The van der Waals surface area contributed by atoms with Crippen LogP contribution in [-0.2, 0) is 13.7 Å². The molecule has 9 heteroatoms. The molecule has 1 aliphatic rings. The molecule has 0 N–H and O–H groups in total. The zero-order chi connectivity index (χ0) is 20.4. The van der Waals surface area contributed by atoms with E-state index in [0.29, 0.717) is 23.4 Å². The van der Waals surface area contributed by atoms with Crippen LogP contribution in [-0.4, -0.2) is 25.4 Å². The van der Waals surface area contributed by atoms with E-state index >= 15 is 0 Å². The number of rotatable bonds is 5. The number of hydrogen-bond acceptors (Lipinski definition) is 3. The van der Waals surface area contributed by atoms with Gasteiger partial charge in [-0.2, -0.15) is 21.6 Å². The second kappa shape index (κ2) is 8.10. The minimum Gasteiger partial charge on any atom is -0.209 e. The molecule has 1 fully saturated rings. The van der Waals surface area contributed by atoms with Gasteiger partial charge in [0.05, 0.1) is 0 Å². The molecule has 1 saturated heterocycles. The monoisotopic (exact) mass is 450 g/mol. The molecule has 0 aromatic heterocycles. The lowest BCUT2D eigenvalue weighted by molar-refractivity contribution is -0.0495.